The lowest BCUT2D eigenvalue weighted by Gasteiger charge is -2.22. The molecule has 2 heterocycles. The Kier molecular flexibility index (Phi) is 7.50. The summed E-state index contributed by atoms with van der Waals surface area (Å²) in [5.74, 6) is 0.310. The van der Waals surface area contributed by atoms with Gasteiger partial charge in [0.25, 0.3) is 0 Å². The molecule has 1 saturated carbocycles. The molecule has 0 bridgehead atoms. The maximum atomic E-state index is 12.2. The first kappa shape index (κ1) is 24.4. The van der Waals surface area contributed by atoms with Crippen molar-refractivity contribution in [1.29, 1.82) is 0 Å². The quantitative estimate of drug-likeness (QED) is 0.460. The third-order valence-corrected chi connectivity index (χ3v) is 6.08. The van der Waals surface area contributed by atoms with Gasteiger partial charge in [-0.3, -0.25) is 23.8 Å². The van der Waals surface area contributed by atoms with Gasteiger partial charge in [-0.25, -0.2) is 4.99 Å². The monoisotopic (exact) mass is 454 g/mol. The maximum absolute atomic E-state index is 12.2. The van der Waals surface area contributed by atoms with Crippen LogP contribution in [0.2, 0.25) is 0 Å². The van der Waals surface area contributed by atoms with Crippen molar-refractivity contribution in [3.8, 4) is 0 Å². The van der Waals surface area contributed by atoms with Gasteiger partial charge in [-0.1, -0.05) is 12.8 Å². The molecule has 1 aliphatic rings. The SMILES string of the molecule is C=Nc1c(C(=NC)c2cnn(C(CC(N)=O)C3CCCC3)c2)ccn1COC(=O)C(C)(C)C. The highest BCUT2D eigenvalue weighted by Crippen LogP contribution is 2.36. The summed E-state index contributed by atoms with van der Waals surface area (Å²) in [7, 11) is 1.70. The molecule has 0 saturated heterocycles. The first-order chi connectivity index (χ1) is 15.7. The number of nitrogens with zero attached hydrogens (tertiary/aromatic N) is 5. The van der Waals surface area contributed by atoms with Crippen molar-refractivity contribution in [2.45, 2.75) is 65.6 Å². The maximum Gasteiger partial charge on any atom is 0.312 e. The number of nitrogens with two attached hydrogens (primary N) is 1. The fraction of sp³-hybridized carbons (Fsp3) is 0.542. The summed E-state index contributed by atoms with van der Waals surface area (Å²) in [6, 6.07) is 1.81. The van der Waals surface area contributed by atoms with Crippen molar-refractivity contribution in [2.24, 2.45) is 27.1 Å². The zero-order chi connectivity index (χ0) is 24.2. The van der Waals surface area contributed by atoms with E-state index >= 15 is 0 Å². The Bertz CT molecular complexity index is 1040. The summed E-state index contributed by atoms with van der Waals surface area (Å²) in [5, 5.41) is 4.56. The van der Waals surface area contributed by atoms with Crippen LogP contribution in [0.4, 0.5) is 5.82 Å². The number of esters is 1. The Hall–Kier alpha value is -3.23. The topological polar surface area (TPSA) is 117 Å². The molecule has 9 nitrogen and oxygen atoms in total. The fourth-order valence-electron chi connectivity index (χ4n) is 4.35. The number of aromatic nitrogens is 3. The molecule has 3 rings (SSSR count). The summed E-state index contributed by atoms with van der Waals surface area (Å²) < 4.78 is 9.00. The van der Waals surface area contributed by atoms with E-state index in [2.05, 4.69) is 21.8 Å². The summed E-state index contributed by atoms with van der Waals surface area (Å²) in [6.07, 6.45) is 10.2. The second-order valence-corrected chi connectivity index (χ2v) is 9.56. The van der Waals surface area contributed by atoms with E-state index in [-0.39, 0.29) is 31.1 Å². The molecule has 33 heavy (non-hydrogen) atoms. The Morgan fingerprint density at radius 3 is 2.61 bits per heavy atom. The molecule has 2 N–H and O–H groups in total. The van der Waals surface area contributed by atoms with Crippen molar-refractivity contribution in [3.63, 3.8) is 0 Å². The number of amides is 1. The van der Waals surface area contributed by atoms with Crippen molar-refractivity contribution in [1.82, 2.24) is 14.3 Å². The highest BCUT2D eigenvalue weighted by atomic mass is 16.5. The molecule has 178 valence electrons. The van der Waals surface area contributed by atoms with Gasteiger partial charge in [-0.15, -0.1) is 0 Å². The van der Waals surface area contributed by atoms with Crippen LogP contribution in [0, 0.1) is 11.3 Å². The average molecular weight is 455 g/mol. The third-order valence-electron chi connectivity index (χ3n) is 6.08. The molecule has 0 aromatic carbocycles. The fourth-order valence-corrected chi connectivity index (χ4v) is 4.35. The van der Waals surface area contributed by atoms with E-state index in [1.54, 1.807) is 44.8 Å². The van der Waals surface area contributed by atoms with E-state index in [4.69, 9.17) is 10.5 Å². The molecular weight excluding hydrogens is 420 g/mol. The van der Waals surface area contributed by atoms with Gasteiger partial charge >= 0.3 is 5.97 Å². The number of hydrogen-bond donors (Lipinski definition) is 1. The van der Waals surface area contributed by atoms with E-state index in [0.717, 1.165) is 36.8 Å². The average Bonchev–Trinajstić information content (AvgIpc) is 3.51. The van der Waals surface area contributed by atoms with E-state index in [9.17, 15) is 9.59 Å². The summed E-state index contributed by atoms with van der Waals surface area (Å²) in [6.45, 7) is 9.14. The summed E-state index contributed by atoms with van der Waals surface area (Å²) >= 11 is 0. The standard InChI is InChI=1S/C24H34N6O3/c1-24(2,3)23(32)33-15-29-11-10-18(22(29)27-5)21(26-4)17-13-28-30(14-17)19(12-20(25)31)16-8-6-7-9-16/h10-11,13-14,16,19H,5-9,12,15H2,1-4H3,(H2,25,31). The van der Waals surface area contributed by atoms with Crippen LogP contribution in [0.25, 0.3) is 0 Å². The zero-order valence-corrected chi connectivity index (χ0v) is 20.0. The Balaban J connectivity index is 1.86. The first-order valence-electron chi connectivity index (χ1n) is 11.3. The minimum atomic E-state index is -0.594. The Labute approximate surface area is 194 Å². The number of carbonyl (C=O) groups is 2. The van der Waals surface area contributed by atoms with Crippen LogP contribution in [-0.2, 0) is 21.1 Å². The molecule has 0 spiro atoms. The lowest BCUT2D eigenvalue weighted by molar-refractivity contribution is -0.156. The predicted octanol–water partition coefficient (Wildman–Crippen LogP) is 3.64. The molecule has 1 fully saturated rings. The van der Waals surface area contributed by atoms with Crippen LogP contribution < -0.4 is 5.73 Å². The lowest BCUT2D eigenvalue weighted by atomic mass is 9.95. The molecule has 2 aromatic heterocycles. The molecule has 9 heteroatoms. The zero-order valence-electron chi connectivity index (χ0n) is 20.0. The Morgan fingerprint density at radius 2 is 2.03 bits per heavy atom. The van der Waals surface area contributed by atoms with Crippen molar-refractivity contribution < 1.29 is 14.3 Å². The summed E-state index contributed by atoms with van der Waals surface area (Å²) in [4.78, 5) is 32.5. The second kappa shape index (κ2) is 10.1. The van der Waals surface area contributed by atoms with Gasteiger partial charge < -0.3 is 10.5 Å². The molecule has 2 aromatic rings. The van der Waals surface area contributed by atoms with E-state index < -0.39 is 5.41 Å². The van der Waals surface area contributed by atoms with Crippen LogP contribution >= 0.6 is 0 Å². The number of carbonyl (C=O) groups excluding carboxylic acids is 2. The predicted molar refractivity (Wildman–Crippen MR) is 128 cm³/mol. The number of primary amides is 1. The minimum absolute atomic E-state index is 0.0308. The van der Waals surface area contributed by atoms with Crippen LogP contribution in [-0.4, -0.2) is 45.7 Å². The van der Waals surface area contributed by atoms with Crippen LogP contribution in [0.5, 0.6) is 0 Å². The molecule has 0 radical (unpaired) electrons. The van der Waals surface area contributed by atoms with E-state index in [1.807, 2.05) is 16.9 Å². The second-order valence-electron chi connectivity index (χ2n) is 9.56. The van der Waals surface area contributed by atoms with Gasteiger partial charge in [-0.2, -0.15) is 5.10 Å². The van der Waals surface area contributed by atoms with Gasteiger partial charge in [0.2, 0.25) is 5.91 Å². The highest BCUT2D eigenvalue weighted by Gasteiger charge is 2.29. The van der Waals surface area contributed by atoms with Gasteiger partial charge in [0.1, 0.15) is 5.82 Å². The number of ether oxygens (including phenoxy) is 1. The van der Waals surface area contributed by atoms with Crippen LogP contribution in [0.3, 0.4) is 0 Å². The van der Waals surface area contributed by atoms with Crippen LogP contribution in [0.15, 0.2) is 34.6 Å². The van der Waals surface area contributed by atoms with Gasteiger partial charge in [0.15, 0.2) is 6.73 Å². The van der Waals surface area contributed by atoms with Gasteiger partial charge in [-0.05, 0) is 52.3 Å². The van der Waals surface area contributed by atoms with Gasteiger partial charge in [0.05, 0.1) is 23.4 Å². The molecule has 1 amide bonds. The number of rotatable bonds is 9. The molecule has 0 aliphatic heterocycles. The van der Waals surface area contributed by atoms with Crippen LogP contribution in [0.1, 0.15) is 70.0 Å². The molecule has 1 unspecified atom stereocenters. The van der Waals surface area contributed by atoms with Crippen molar-refractivity contribution >= 4 is 30.1 Å². The lowest BCUT2D eigenvalue weighted by Crippen LogP contribution is -2.25. The van der Waals surface area contributed by atoms with Crippen molar-refractivity contribution in [2.75, 3.05) is 7.05 Å². The normalized spacial score (nSPS) is 16.1. The largest absolute Gasteiger partial charge is 0.443 e. The summed E-state index contributed by atoms with van der Waals surface area (Å²) in [5.41, 5.74) is 7.19. The minimum Gasteiger partial charge on any atom is -0.443 e. The van der Waals surface area contributed by atoms with E-state index in [1.165, 1.54) is 0 Å². The van der Waals surface area contributed by atoms with Gasteiger partial charge in [0, 0.05) is 37.0 Å². The third kappa shape index (κ3) is 5.58. The molecule has 1 atom stereocenters. The first-order valence-corrected chi connectivity index (χ1v) is 11.3. The van der Waals surface area contributed by atoms with Crippen molar-refractivity contribution in [3.05, 3.63) is 35.8 Å². The molecule has 1 aliphatic carbocycles. The van der Waals surface area contributed by atoms with E-state index in [0.29, 0.717) is 17.4 Å². The molecular formula is C24H34N6O3. The number of hydrogen-bond acceptors (Lipinski definition) is 6. The Morgan fingerprint density at radius 1 is 1.33 bits per heavy atom. The smallest absolute Gasteiger partial charge is 0.312 e. The highest BCUT2D eigenvalue weighted by molar-refractivity contribution is 6.15. The number of aliphatic imine (C=N–C) groups is 2.